The molecule has 0 saturated carbocycles. The van der Waals surface area contributed by atoms with E-state index in [0.29, 0.717) is 26.4 Å². The zero-order valence-electron chi connectivity index (χ0n) is 12.2. The molecule has 1 aromatic carbocycles. The van der Waals surface area contributed by atoms with Crippen LogP contribution in [-0.2, 0) is 22.3 Å². The fraction of sp³-hybridized carbons (Fsp3) is 0.625. The second kappa shape index (κ2) is 8.25. The van der Waals surface area contributed by atoms with E-state index in [1.54, 1.807) is 7.11 Å². The standard InChI is InChI=1S/C16H25NO3/c1-19-9-10-20-12-14(18)11-17-16-8-4-6-13-5-2-3-7-15(13)16/h4,6,8,14,17-18H,2-3,5,7,9-12H2,1H3. The third-order valence-corrected chi connectivity index (χ3v) is 3.67. The van der Waals surface area contributed by atoms with Crippen molar-refractivity contribution in [2.45, 2.75) is 31.8 Å². The normalized spacial score (nSPS) is 15.7. The number of aliphatic hydroxyl groups is 1. The van der Waals surface area contributed by atoms with E-state index in [9.17, 15) is 5.11 Å². The molecule has 0 heterocycles. The Morgan fingerprint density at radius 1 is 1.25 bits per heavy atom. The molecule has 4 nitrogen and oxygen atoms in total. The van der Waals surface area contributed by atoms with Gasteiger partial charge in [-0.25, -0.2) is 0 Å². The highest BCUT2D eigenvalue weighted by atomic mass is 16.5. The zero-order chi connectivity index (χ0) is 14.2. The topological polar surface area (TPSA) is 50.7 Å². The number of aryl methyl sites for hydroxylation is 1. The van der Waals surface area contributed by atoms with Gasteiger partial charge in [-0.3, -0.25) is 0 Å². The molecular formula is C16H25NO3. The quantitative estimate of drug-likeness (QED) is 0.715. The van der Waals surface area contributed by atoms with Crippen molar-refractivity contribution < 1.29 is 14.6 Å². The predicted octanol–water partition coefficient (Wildman–Crippen LogP) is 2.00. The van der Waals surface area contributed by atoms with Crippen LogP contribution in [0.25, 0.3) is 0 Å². The van der Waals surface area contributed by atoms with E-state index in [1.165, 1.54) is 30.4 Å². The Morgan fingerprint density at radius 3 is 2.95 bits per heavy atom. The van der Waals surface area contributed by atoms with Crippen molar-refractivity contribution in [3.8, 4) is 0 Å². The summed E-state index contributed by atoms with van der Waals surface area (Å²) in [5, 5.41) is 13.2. The Balaban J connectivity index is 1.79. The van der Waals surface area contributed by atoms with Gasteiger partial charge in [-0.05, 0) is 42.9 Å². The maximum Gasteiger partial charge on any atom is 0.0945 e. The SMILES string of the molecule is COCCOCC(O)CNc1cccc2c1CCCC2. The van der Waals surface area contributed by atoms with Gasteiger partial charge in [0.15, 0.2) is 0 Å². The van der Waals surface area contributed by atoms with Gasteiger partial charge in [0.1, 0.15) is 0 Å². The van der Waals surface area contributed by atoms with Gasteiger partial charge >= 0.3 is 0 Å². The van der Waals surface area contributed by atoms with Gasteiger partial charge < -0.3 is 19.9 Å². The predicted molar refractivity (Wildman–Crippen MR) is 80.3 cm³/mol. The lowest BCUT2D eigenvalue weighted by atomic mass is 9.90. The first kappa shape index (κ1) is 15.3. The highest BCUT2D eigenvalue weighted by Crippen LogP contribution is 2.27. The lowest BCUT2D eigenvalue weighted by molar-refractivity contribution is 0.0182. The minimum atomic E-state index is -0.494. The summed E-state index contributed by atoms with van der Waals surface area (Å²) in [6.45, 7) is 1.94. The number of aliphatic hydroxyl groups excluding tert-OH is 1. The van der Waals surface area contributed by atoms with E-state index in [4.69, 9.17) is 9.47 Å². The number of hydrogen-bond donors (Lipinski definition) is 2. The molecule has 0 aliphatic heterocycles. The van der Waals surface area contributed by atoms with Crippen molar-refractivity contribution in [2.24, 2.45) is 0 Å². The molecule has 20 heavy (non-hydrogen) atoms. The highest BCUT2D eigenvalue weighted by molar-refractivity contribution is 5.55. The molecule has 0 saturated heterocycles. The van der Waals surface area contributed by atoms with Crippen LogP contribution in [0.3, 0.4) is 0 Å². The van der Waals surface area contributed by atoms with Gasteiger partial charge in [-0.1, -0.05) is 12.1 Å². The number of methoxy groups -OCH3 is 1. The molecule has 0 spiro atoms. The molecule has 0 fully saturated rings. The van der Waals surface area contributed by atoms with E-state index in [2.05, 4.69) is 23.5 Å². The van der Waals surface area contributed by atoms with Gasteiger partial charge in [0, 0.05) is 19.3 Å². The maximum absolute atomic E-state index is 9.89. The monoisotopic (exact) mass is 279 g/mol. The number of anilines is 1. The molecule has 1 aliphatic rings. The molecule has 2 rings (SSSR count). The molecular weight excluding hydrogens is 254 g/mol. The second-order valence-corrected chi connectivity index (χ2v) is 5.25. The second-order valence-electron chi connectivity index (χ2n) is 5.25. The number of fused-ring (bicyclic) bond motifs is 1. The Kier molecular flexibility index (Phi) is 6.30. The molecule has 0 bridgehead atoms. The zero-order valence-corrected chi connectivity index (χ0v) is 12.2. The summed E-state index contributed by atoms with van der Waals surface area (Å²) >= 11 is 0. The van der Waals surface area contributed by atoms with Crippen molar-refractivity contribution in [2.75, 3.05) is 38.8 Å². The molecule has 0 aromatic heterocycles. The highest BCUT2D eigenvalue weighted by Gasteiger charge is 2.13. The van der Waals surface area contributed by atoms with Gasteiger partial charge in [-0.15, -0.1) is 0 Å². The van der Waals surface area contributed by atoms with Crippen LogP contribution >= 0.6 is 0 Å². The smallest absolute Gasteiger partial charge is 0.0945 e. The summed E-state index contributed by atoms with van der Waals surface area (Å²) in [6.07, 6.45) is 4.36. The largest absolute Gasteiger partial charge is 0.389 e. The third kappa shape index (κ3) is 4.47. The van der Waals surface area contributed by atoms with Crippen molar-refractivity contribution >= 4 is 5.69 Å². The molecule has 4 heteroatoms. The van der Waals surface area contributed by atoms with Crippen LogP contribution in [0.1, 0.15) is 24.0 Å². The average Bonchev–Trinajstić information content (AvgIpc) is 2.49. The van der Waals surface area contributed by atoms with Crippen molar-refractivity contribution in [3.05, 3.63) is 29.3 Å². The van der Waals surface area contributed by atoms with Gasteiger partial charge in [-0.2, -0.15) is 0 Å². The Bertz CT molecular complexity index is 409. The number of rotatable bonds is 8. The minimum absolute atomic E-state index is 0.339. The van der Waals surface area contributed by atoms with Gasteiger partial charge in [0.05, 0.1) is 25.9 Å². The van der Waals surface area contributed by atoms with E-state index < -0.39 is 6.10 Å². The van der Waals surface area contributed by atoms with Crippen LogP contribution in [-0.4, -0.2) is 44.7 Å². The molecule has 1 atom stereocenters. The van der Waals surface area contributed by atoms with E-state index in [1.807, 2.05) is 0 Å². The number of ether oxygens (including phenoxy) is 2. The third-order valence-electron chi connectivity index (χ3n) is 3.67. The van der Waals surface area contributed by atoms with Crippen LogP contribution < -0.4 is 5.32 Å². The summed E-state index contributed by atoms with van der Waals surface area (Å²) in [4.78, 5) is 0. The Hall–Kier alpha value is -1.10. The summed E-state index contributed by atoms with van der Waals surface area (Å²) in [5.41, 5.74) is 4.04. The van der Waals surface area contributed by atoms with Crippen molar-refractivity contribution in [1.29, 1.82) is 0 Å². The van der Waals surface area contributed by atoms with E-state index >= 15 is 0 Å². The molecule has 1 aliphatic carbocycles. The molecule has 0 amide bonds. The minimum Gasteiger partial charge on any atom is -0.389 e. The van der Waals surface area contributed by atoms with Gasteiger partial charge in [0.2, 0.25) is 0 Å². The van der Waals surface area contributed by atoms with E-state index in [0.717, 1.165) is 12.1 Å². The molecule has 1 unspecified atom stereocenters. The Morgan fingerprint density at radius 2 is 2.10 bits per heavy atom. The number of nitrogens with one attached hydrogen (secondary N) is 1. The first-order valence-electron chi connectivity index (χ1n) is 7.40. The molecule has 0 radical (unpaired) electrons. The Labute approximate surface area is 121 Å². The first-order valence-corrected chi connectivity index (χ1v) is 7.40. The first-order chi connectivity index (χ1) is 9.81. The summed E-state index contributed by atoms with van der Waals surface area (Å²) < 4.78 is 10.2. The average molecular weight is 279 g/mol. The number of hydrogen-bond acceptors (Lipinski definition) is 4. The lowest BCUT2D eigenvalue weighted by Crippen LogP contribution is -2.26. The molecule has 2 N–H and O–H groups in total. The van der Waals surface area contributed by atoms with Crippen molar-refractivity contribution in [3.63, 3.8) is 0 Å². The van der Waals surface area contributed by atoms with Crippen LogP contribution in [0.15, 0.2) is 18.2 Å². The van der Waals surface area contributed by atoms with Gasteiger partial charge in [0.25, 0.3) is 0 Å². The number of benzene rings is 1. The fourth-order valence-electron chi connectivity index (χ4n) is 2.60. The molecule has 1 aromatic rings. The maximum atomic E-state index is 9.89. The van der Waals surface area contributed by atoms with Crippen LogP contribution in [0.4, 0.5) is 5.69 Å². The fourth-order valence-corrected chi connectivity index (χ4v) is 2.60. The summed E-state index contributed by atoms with van der Waals surface area (Å²) in [7, 11) is 1.64. The van der Waals surface area contributed by atoms with Crippen LogP contribution in [0, 0.1) is 0 Å². The van der Waals surface area contributed by atoms with E-state index in [-0.39, 0.29) is 0 Å². The van der Waals surface area contributed by atoms with Crippen LogP contribution in [0.5, 0.6) is 0 Å². The van der Waals surface area contributed by atoms with Crippen molar-refractivity contribution in [1.82, 2.24) is 0 Å². The summed E-state index contributed by atoms with van der Waals surface area (Å²) in [6, 6.07) is 6.40. The lowest BCUT2D eigenvalue weighted by Gasteiger charge is -2.21. The summed E-state index contributed by atoms with van der Waals surface area (Å²) in [5.74, 6) is 0. The van der Waals surface area contributed by atoms with Crippen LogP contribution in [0.2, 0.25) is 0 Å². The molecule has 112 valence electrons.